The molecule has 0 nitrogen and oxygen atoms in total. The van der Waals surface area contributed by atoms with Gasteiger partial charge in [-0.15, -0.1) is 0 Å². The Balaban J connectivity index is 1.48. The lowest BCUT2D eigenvalue weighted by atomic mass is 9.50. The highest BCUT2D eigenvalue weighted by molar-refractivity contribution is 14.1. The van der Waals surface area contributed by atoms with Gasteiger partial charge >= 0.3 is 0 Å². The number of alkyl halides is 1. The van der Waals surface area contributed by atoms with E-state index in [9.17, 15) is 0 Å². The number of fused-ring (bicyclic) bond motifs is 3. The molecule has 0 spiro atoms. The van der Waals surface area contributed by atoms with Crippen LogP contribution in [0.4, 0.5) is 0 Å². The summed E-state index contributed by atoms with van der Waals surface area (Å²) in [6, 6.07) is 0. The van der Waals surface area contributed by atoms with Crippen LogP contribution in [0.3, 0.4) is 0 Å². The first-order valence-corrected chi connectivity index (χ1v) is 8.07. The van der Waals surface area contributed by atoms with Gasteiger partial charge in [-0.1, -0.05) is 36.4 Å². The molecule has 0 amide bonds. The third-order valence-corrected chi connectivity index (χ3v) is 8.28. The van der Waals surface area contributed by atoms with E-state index in [0.29, 0.717) is 0 Å². The first-order chi connectivity index (χ1) is 7.18. The number of halogens is 1. The number of hydrogen-bond donors (Lipinski definition) is 0. The molecule has 0 saturated heterocycles. The summed E-state index contributed by atoms with van der Waals surface area (Å²) in [4.78, 5) is 0. The van der Waals surface area contributed by atoms with E-state index in [1.54, 1.807) is 19.3 Å². The van der Waals surface area contributed by atoms with Crippen molar-refractivity contribution in [2.45, 2.75) is 37.0 Å². The minimum atomic E-state index is 1.03. The molecule has 1 heteroatoms. The Kier molecular flexibility index (Phi) is 1.91. The Morgan fingerprint density at radius 1 is 0.867 bits per heavy atom. The smallest absolute Gasteiger partial charge is 0.0175 e. The van der Waals surface area contributed by atoms with Crippen LogP contribution in [0.15, 0.2) is 0 Å². The molecule has 9 unspecified atom stereocenters. The standard InChI is InChI=1S/C14H21I/c1-6-3-9(7(6)2)10-4-8-5-11-13(12(8)10)14(11)15/h6-14H,3-5H2,1-2H3. The highest BCUT2D eigenvalue weighted by Gasteiger charge is 2.67. The average Bonchev–Trinajstić information content (AvgIpc) is 2.68. The molecule has 4 fully saturated rings. The molecule has 0 bridgehead atoms. The van der Waals surface area contributed by atoms with Crippen molar-refractivity contribution in [3.05, 3.63) is 0 Å². The molecule has 15 heavy (non-hydrogen) atoms. The Bertz CT molecular complexity index is 300. The largest absolute Gasteiger partial charge is 0.0820 e. The lowest BCUT2D eigenvalue weighted by Gasteiger charge is -2.55. The maximum absolute atomic E-state index is 2.73. The highest BCUT2D eigenvalue weighted by Crippen LogP contribution is 2.72. The Labute approximate surface area is 107 Å². The van der Waals surface area contributed by atoms with Gasteiger partial charge in [-0.25, -0.2) is 0 Å². The quantitative estimate of drug-likeness (QED) is 0.507. The van der Waals surface area contributed by atoms with Crippen molar-refractivity contribution in [1.29, 1.82) is 0 Å². The van der Waals surface area contributed by atoms with Crippen LogP contribution in [0.5, 0.6) is 0 Å². The van der Waals surface area contributed by atoms with Gasteiger partial charge < -0.3 is 0 Å². The summed E-state index contributed by atoms with van der Waals surface area (Å²) in [5.74, 6) is 9.08. The van der Waals surface area contributed by atoms with Gasteiger partial charge in [-0.05, 0) is 66.6 Å². The SMILES string of the molecule is CC1CC(C2CC3CC4C(I)C4C32)C1C. The molecule has 0 aromatic rings. The zero-order valence-corrected chi connectivity index (χ0v) is 11.9. The summed E-state index contributed by atoms with van der Waals surface area (Å²) >= 11 is 2.73. The van der Waals surface area contributed by atoms with Crippen LogP contribution in [0.25, 0.3) is 0 Å². The highest BCUT2D eigenvalue weighted by atomic mass is 127. The van der Waals surface area contributed by atoms with E-state index in [2.05, 4.69) is 36.4 Å². The van der Waals surface area contributed by atoms with E-state index in [-0.39, 0.29) is 0 Å². The second-order valence-corrected chi connectivity index (χ2v) is 8.33. The van der Waals surface area contributed by atoms with E-state index in [0.717, 1.165) is 27.6 Å². The summed E-state index contributed by atoms with van der Waals surface area (Å²) in [5, 5.41) is 0. The maximum atomic E-state index is 2.73. The monoisotopic (exact) mass is 316 g/mol. The third-order valence-electron chi connectivity index (χ3n) is 6.53. The van der Waals surface area contributed by atoms with E-state index in [4.69, 9.17) is 0 Å². The van der Waals surface area contributed by atoms with Crippen LogP contribution in [-0.4, -0.2) is 3.92 Å². The minimum absolute atomic E-state index is 1.03. The van der Waals surface area contributed by atoms with E-state index >= 15 is 0 Å². The molecule has 9 atom stereocenters. The Morgan fingerprint density at radius 3 is 2.27 bits per heavy atom. The molecule has 0 aliphatic heterocycles. The molecular weight excluding hydrogens is 295 g/mol. The number of hydrogen-bond acceptors (Lipinski definition) is 0. The first kappa shape index (κ1) is 9.73. The summed E-state index contributed by atoms with van der Waals surface area (Å²) in [6.45, 7) is 4.96. The van der Waals surface area contributed by atoms with Crippen LogP contribution < -0.4 is 0 Å². The Hall–Kier alpha value is 0.730. The van der Waals surface area contributed by atoms with Gasteiger partial charge in [0.25, 0.3) is 0 Å². The normalized spacial score (nSPS) is 70.2. The van der Waals surface area contributed by atoms with E-state index < -0.39 is 0 Å². The van der Waals surface area contributed by atoms with Crippen LogP contribution in [0, 0.1) is 47.3 Å². The fourth-order valence-corrected chi connectivity index (χ4v) is 6.82. The van der Waals surface area contributed by atoms with Gasteiger partial charge in [0, 0.05) is 3.92 Å². The molecule has 4 aliphatic carbocycles. The molecule has 0 aromatic heterocycles. The zero-order chi connectivity index (χ0) is 10.3. The zero-order valence-electron chi connectivity index (χ0n) is 9.70. The van der Waals surface area contributed by atoms with Crippen molar-refractivity contribution in [2.75, 3.05) is 0 Å². The minimum Gasteiger partial charge on any atom is -0.0820 e. The van der Waals surface area contributed by atoms with Gasteiger partial charge in [0.05, 0.1) is 0 Å². The molecule has 0 aromatic carbocycles. The van der Waals surface area contributed by atoms with E-state index in [1.165, 1.54) is 23.7 Å². The Morgan fingerprint density at radius 2 is 1.60 bits per heavy atom. The van der Waals surface area contributed by atoms with Gasteiger partial charge in [0.15, 0.2) is 0 Å². The van der Waals surface area contributed by atoms with Gasteiger partial charge in [0.1, 0.15) is 0 Å². The summed E-state index contributed by atoms with van der Waals surface area (Å²) in [6.07, 6.45) is 4.78. The molecule has 4 rings (SSSR count). The number of rotatable bonds is 1. The van der Waals surface area contributed by atoms with Gasteiger partial charge in [0.2, 0.25) is 0 Å². The lowest BCUT2D eigenvalue weighted by molar-refractivity contribution is -0.0609. The molecular formula is C14H21I. The predicted octanol–water partition coefficient (Wildman–Crippen LogP) is 3.98. The van der Waals surface area contributed by atoms with Crippen molar-refractivity contribution < 1.29 is 0 Å². The van der Waals surface area contributed by atoms with Crippen molar-refractivity contribution in [3.63, 3.8) is 0 Å². The summed E-state index contributed by atoms with van der Waals surface area (Å²) in [7, 11) is 0. The van der Waals surface area contributed by atoms with Gasteiger partial charge in [-0.3, -0.25) is 0 Å². The van der Waals surface area contributed by atoms with Crippen molar-refractivity contribution in [1.82, 2.24) is 0 Å². The van der Waals surface area contributed by atoms with Crippen LogP contribution in [-0.2, 0) is 0 Å². The van der Waals surface area contributed by atoms with E-state index in [1.807, 2.05) is 0 Å². The summed E-state index contributed by atoms with van der Waals surface area (Å²) in [5.41, 5.74) is 0. The molecule has 4 saturated carbocycles. The third kappa shape index (κ3) is 1.09. The molecule has 0 N–H and O–H groups in total. The van der Waals surface area contributed by atoms with Gasteiger partial charge in [-0.2, -0.15) is 0 Å². The lowest BCUT2D eigenvalue weighted by Crippen LogP contribution is -2.48. The molecule has 0 radical (unpaired) electrons. The second kappa shape index (κ2) is 2.94. The maximum Gasteiger partial charge on any atom is 0.0175 e. The molecule has 4 aliphatic rings. The average molecular weight is 316 g/mol. The van der Waals surface area contributed by atoms with Crippen LogP contribution >= 0.6 is 22.6 Å². The molecule has 0 heterocycles. The van der Waals surface area contributed by atoms with Crippen molar-refractivity contribution in [2.24, 2.45) is 47.3 Å². The van der Waals surface area contributed by atoms with Crippen LogP contribution in [0.1, 0.15) is 33.1 Å². The second-order valence-electron chi connectivity index (χ2n) is 6.89. The van der Waals surface area contributed by atoms with Crippen LogP contribution in [0.2, 0.25) is 0 Å². The van der Waals surface area contributed by atoms with Crippen molar-refractivity contribution in [3.8, 4) is 0 Å². The summed E-state index contributed by atoms with van der Waals surface area (Å²) < 4.78 is 1.08. The fourth-order valence-electron chi connectivity index (χ4n) is 5.27. The molecule has 84 valence electrons. The predicted molar refractivity (Wildman–Crippen MR) is 70.9 cm³/mol. The first-order valence-electron chi connectivity index (χ1n) is 6.82. The fraction of sp³-hybridized carbons (Fsp3) is 1.00. The van der Waals surface area contributed by atoms with Crippen molar-refractivity contribution >= 4 is 22.6 Å². The topological polar surface area (TPSA) is 0 Å².